The summed E-state index contributed by atoms with van der Waals surface area (Å²) in [6.07, 6.45) is 0.366. The summed E-state index contributed by atoms with van der Waals surface area (Å²) in [6.45, 7) is 14.9. The maximum atomic E-state index is 12.8. The van der Waals surface area contributed by atoms with E-state index in [-0.39, 0.29) is 5.91 Å². The van der Waals surface area contributed by atoms with Crippen LogP contribution in [0.4, 0.5) is 5.82 Å². The number of carbonyl (C=O) groups is 1. The molecule has 0 atom stereocenters. The number of halogens is 1. The Bertz CT molecular complexity index is 843. The molecule has 2 aromatic rings. The average Bonchev–Trinajstić information content (AvgIpc) is 3.10. The number of piperazine rings is 1. The van der Waals surface area contributed by atoms with Gasteiger partial charge in [-0.25, -0.2) is 4.68 Å². The van der Waals surface area contributed by atoms with Gasteiger partial charge < -0.3 is 14.7 Å². The van der Waals surface area contributed by atoms with Gasteiger partial charge in [0.15, 0.2) is 0 Å². The first kappa shape index (κ1) is 23.6. The maximum Gasteiger partial charge on any atom is 0.224 e. The number of hydrogen-bond acceptors (Lipinski definition) is 4. The lowest BCUT2D eigenvalue weighted by Crippen LogP contribution is -2.47. The van der Waals surface area contributed by atoms with Gasteiger partial charge >= 0.3 is 0 Å². The van der Waals surface area contributed by atoms with Gasteiger partial charge in [0.25, 0.3) is 0 Å². The fraction of sp³-hybridized carbons (Fsp3) is 0.583. The van der Waals surface area contributed by atoms with Gasteiger partial charge in [-0.2, -0.15) is 5.10 Å². The van der Waals surface area contributed by atoms with Gasteiger partial charge in [0.1, 0.15) is 5.82 Å². The summed E-state index contributed by atoms with van der Waals surface area (Å²) in [7, 11) is 0. The second-order valence-corrected chi connectivity index (χ2v) is 9.04. The third-order valence-corrected chi connectivity index (χ3v) is 6.06. The number of aromatic nitrogens is 2. The zero-order valence-corrected chi connectivity index (χ0v) is 20.1. The lowest BCUT2D eigenvalue weighted by atomic mass is 10.1. The highest BCUT2D eigenvalue weighted by molar-refractivity contribution is 6.18. The summed E-state index contributed by atoms with van der Waals surface area (Å²) >= 11 is 5.90. The minimum absolute atomic E-state index is 0.109. The summed E-state index contributed by atoms with van der Waals surface area (Å²) in [5.41, 5.74) is 3.16. The van der Waals surface area contributed by atoms with Crippen LogP contribution in [0.15, 0.2) is 30.3 Å². The van der Waals surface area contributed by atoms with Gasteiger partial charge in [-0.05, 0) is 31.5 Å². The van der Waals surface area contributed by atoms with Crippen LogP contribution < -0.4 is 4.90 Å². The Morgan fingerprint density at radius 3 is 2.42 bits per heavy atom. The van der Waals surface area contributed by atoms with Crippen LogP contribution in [0, 0.1) is 12.8 Å². The zero-order chi connectivity index (χ0) is 22.4. The van der Waals surface area contributed by atoms with Crippen molar-refractivity contribution in [2.24, 2.45) is 5.92 Å². The number of carbonyl (C=O) groups excluding carboxylic acids is 1. The summed E-state index contributed by atoms with van der Waals surface area (Å²) in [5, 5.41) is 4.93. The van der Waals surface area contributed by atoms with E-state index in [9.17, 15) is 4.79 Å². The number of nitrogens with zero attached hydrogens (tertiary/aromatic N) is 5. The van der Waals surface area contributed by atoms with Gasteiger partial charge in [-0.3, -0.25) is 4.79 Å². The van der Waals surface area contributed by atoms with E-state index < -0.39 is 0 Å². The molecule has 0 spiro atoms. The van der Waals surface area contributed by atoms with E-state index in [1.165, 1.54) is 0 Å². The molecule has 2 heterocycles. The second-order valence-electron chi connectivity index (χ2n) is 8.66. The Balaban J connectivity index is 2.00. The molecular weight excluding hydrogens is 410 g/mol. The van der Waals surface area contributed by atoms with E-state index in [1.807, 2.05) is 23.1 Å². The van der Waals surface area contributed by atoms with Crippen LogP contribution in [0.25, 0.3) is 5.69 Å². The highest BCUT2D eigenvalue weighted by Crippen LogP contribution is 2.30. The van der Waals surface area contributed by atoms with E-state index in [0.717, 1.165) is 55.5 Å². The first-order chi connectivity index (χ1) is 14.9. The number of rotatable bonds is 9. The summed E-state index contributed by atoms with van der Waals surface area (Å²) in [6, 6.07) is 10.3. The number of amides is 1. The van der Waals surface area contributed by atoms with Crippen LogP contribution in [0.1, 0.15) is 38.4 Å². The molecule has 7 heteroatoms. The van der Waals surface area contributed by atoms with Gasteiger partial charge in [-0.1, -0.05) is 39.0 Å². The molecule has 1 amide bonds. The molecular formula is C24H36ClN5O. The summed E-state index contributed by atoms with van der Waals surface area (Å²) < 4.78 is 2.06. The average molecular weight is 446 g/mol. The highest BCUT2D eigenvalue weighted by Gasteiger charge is 2.27. The topological polar surface area (TPSA) is 44.6 Å². The number of para-hydroxylation sites is 1. The van der Waals surface area contributed by atoms with Gasteiger partial charge in [0.05, 0.1) is 17.9 Å². The van der Waals surface area contributed by atoms with Crippen molar-refractivity contribution in [3.8, 4) is 5.69 Å². The first-order valence-corrected chi connectivity index (χ1v) is 11.9. The van der Waals surface area contributed by atoms with Crippen LogP contribution in [-0.4, -0.2) is 70.6 Å². The molecule has 6 nitrogen and oxygen atoms in total. The largest absolute Gasteiger partial charge is 0.354 e. The predicted molar refractivity (Wildman–Crippen MR) is 128 cm³/mol. The lowest BCUT2D eigenvalue weighted by molar-refractivity contribution is -0.131. The summed E-state index contributed by atoms with van der Waals surface area (Å²) in [4.78, 5) is 19.7. The molecule has 1 fully saturated rings. The van der Waals surface area contributed by atoms with Crippen molar-refractivity contribution < 1.29 is 4.79 Å². The van der Waals surface area contributed by atoms with Gasteiger partial charge in [-0.15, -0.1) is 11.6 Å². The molecule has 0 radical (unpaired) electrons. The van der Waals surface area contributed by atoms with Crippen LogP contribution in [0.5, 0.6) is 0 Å². The van der Waals surface area contributed by atoms with Crippen molar-refractivity contribution in [2.45, 2.75) is 40.7 Å². The van der Waals surface area contributed by atoms with E-state index in [2.05, 4.69) is 54.3 Å². The monoisotopic (exact) mass is 445 g/mol. The second kappa shape index (κ2) is 11.0. The van der Waals surface area contributed by atoms with E-state index in [4.69, 9.17) is 16.7 Å². The molecule has 3 rings (SSSR count). The van der Waals surface area contributed by atoms with E-state index in [1.54, 1.807) is 0 Å². The van der Waals surface area contributed by atoms with Crippen LogP contribution in [0.3, 0.4) is 0 Å². The molecule has 31 heavy (non-hydrogen) atoms. The third kappa shape index (κ3) is 5.80. The maximum absolute atomic E-state index is 12.8. The zero-order valence-electron chi connectivity index (χ0n) is 19.4. The van der Waals surface area contributed by atoms with Crippen molar-refractivity contribution >= 4 is 23.3 Å². The van der Waals surface area contributed by atoms with Crippen LogP contribution in [-0.2, 0) is 11.3 Å². The summed E-state index contributed by atoms with van der Waals surface area (Å²) in [5.74, 6) is 1.96. The molecule has 0 unspecified atom stereocenters. The fourth-order valence-electron chi connectivity index (χ4n) is 4.21. The molecule has 1 aliphatic rings. The van der Waals surface area contributed by atoms with E-state index in [0.29, 0.717) is 31.3 Å². The number of benzene rings is 1. The molecule has 0 N–H and O–H groups in total. The van der Waals surface area contributed by atoms with Crippen molar-refractivity contribution in [1.82, 2.24) is 19.6 Å². The third-order valence-electron chi connectivity index (χ3n) is 5.87. The predicted octanol–water partition coefficient (Wildman–Crippen LogP) is 3.94. The van der Waals surface area contributed by atoms with Crippen molar-refractivity contribution in [3.63, 3.8) is 0 Å². The number of anilines is 1. The normalized spacial score (nSPS) is 15.0. The molecule has 0 aliphatic carbocycles. The van der Waals surface area contributed by atoms with Crippen molar-refractivity contribution in [3.05, 3.63) is 41.6 Å². The molecule has 1 aliphatic heterocycles. The molecule has 0 saturated carbocycles. The Morgan fingerprint density at radius 1 is 1.16 bits per heavy atom. The lowest BCUT2D eigenvalue weighted by Gasteiger charge is -2.36. The quantitative estimate of drug-likeness (QED) is 0.548. The van der Waals surface area contributed by atoms with Crippen LogP contribution >= 0.6 is 11.6 Å². The number of hydrogen-bond donors (Lipinski definition) is 0. The Morgan fingerprint density at radius 2 is 1.84 bits per heavy atom. The molecule has 170 valence electrons. The Hall–Kier alpha value is -2.05. The molecule has 1 aromatic heterocycles. The van der Waals surface area contributed by atoms with Gasteiger partial charge in [0.2, 0.25) is 5.91 Å². The number of aryl methyl sites for hydroxylation is 1. The Kier molecular flexibility index (Phi) is 8.38. The minimum atomic E-state index is 0.109. The van der Waals surface area contributed by atoms with Crippen LogP contribution in [0.2, 0.25) is 0 Å². The minimum Gasteiger partial charge on any atom is -0.354 e. The SMILES string of the molecule is CCN1CCN(c2c(CN(CC(C)C)C(=O)CCCl)c(C)nn2-c2ccccc2)CC1. The Labute approximate surface area is 191 Å². The molecule has 0 bridgehead atoms. The number of alkyl halides is 1. The van der Waals surface area contributed by atoms with E-state index >= 15 is 0 Å². The molecule has 1 saturated heterocycles. The smallest absolute Gasteiger partial charge is 0.224 e. The first-order valence-electron chi connectivity index (χ1n) is 11.4. The highest BCUT2D eigenvalue weighted by atomic mass is 35.5. The van der Waals surface area contributed by atoms with Crippen molar-refractivity contribution in [1.29, 1.82) is 0 Å². The fourth-order valence-corrected chi connectivity index (χ4v) is 4.37. The standard InChI is InChI=1S/C24H36ClN5O/c1-5-27-13-15-28(16-14-27)24-22(18-29(17-19(2)3)23(31)11-12-25)20(4)26-30(24)21-9-7-6-8-10-21/h6-10,19H,5,11-18H2,1-4H3. The van der Waals surface area contributed by atoms with Crippen molar-refractivity contribution in [2.75, 3.05) is 50.0 Å². The van der Waals surface area contributed by atoms with Gasteiger partial charge in [0, 0.05) is 50.6 Å². The number of likely N-dealkylation sites (N-methyl/N-ethyl adjacent to an activating group) is 1. The molecule has 1 aromatic carbocycles.